The van der Waals surface area contributed by atoms with Crippen LogP contribution in [0.5, 0.6) is 0 Å². The molecule has 3 nitrogen and oxygen atoms in total. The Balaban J connectivity index is 1.76. The van der Waals surface area contributed by atoms with E-state index >= 15 is 0 Å². The predicted molar refractivity (Wildman–Crippen MR) is 81.8 cm³/mol. The molecule has 0 aromatic heterocycles. The third-order valence-corrected chi connectivity index (χ3v) is 4.21. The summed E-state index contributed by atoms with van der Waals surface area (Å²) in [5.41, 5.74) is 6.13. The minimum Gasteiger partial charge on any atom is -0.478 e. The Kier molecular flexibility index (Phi) is 2.67. The second-order valence-corrected chi connectivity index (χ2v) is 5.73. The van der Waals surface area contributed by atoms with E-state index in [1.807, 2.05) is 6.07 Å². The first-order chi connectivity index (χ1) is 10.2. The Hall–Kier alpha value is -2.42. The van der Waals surface area contributed by atoms with Gasteiger partial charge in [0.1, 0.15) is 0 Å². The maximum atomic E-state index is 11.1. The standard InChI is InChI=1S/C18H15NO2/c20-18(21)14-3-1-2-12(8-14)13-6-7-15-10-19-17(11-4-5-11)16(15)9-13/h1-3,6-9,11H,4-5,10H2,(H,20,21). The summed E-state index contributed by atoms with van der Waals surface area (Å²) in [7, 11) is 0. The molecule has 2 aromatic rings. The summed E-state index contributed by atoms with van der Waals surface area (Å²) in [6.45, 7) is 0.788. The first kappa shape index (κ1) is 12.3. The van der Waals surface area contributed by atoms with E-state index in [2.05, 4.69) is 23.2 Å². The first-order valence-corrected chi connectivity index (χ1v) is 7.24. The second kappa shape index (κ2) is 4.55. The minimum atomic E-state index is -0.891. The third-order valence-electron chi connectivity index (χ3n) is 4.21. The predicted octanol–water partition coefficient (Wildman–Crippen LogP) is 3.76. The number of fused-ring (bicyclic) bond motifs is 1. The van der Waals surface area contributed by atoms with Gasteiger partial charge >= 0.3 is 5.97 Å². The average molecular weight is 277 g/mol. The van der Waals surface area contributed by atoms with Gasteiger partial charge in [-0.2, -0.15) is 0 Å². The van der Waals surface area contributed by atoms with Gasteiger partial charge in [0, 0.05) is 17.2 Å². The first-order valence-electron chi connectivity index (χ1n) is 7.24. The number of benzene rings is 2. The van der Waals surface area contributed by atoms with Crippen molar-refractivity contribution in [2.75, 3.05) is 0 Å². The molecule has 2 aromatic carbocycles. The smallest absolute Gasteiger partial charge is 0.335 e. The van der Waals surface area contributed by atoms with Crippen LogP contribution in [0, 0.1) is 5.92 Å². The van der Waals surface area contributed by atoms with E-state index in [-0.39, 0.29) is 0 Å². The number of aromatic carboxylic acids is 1. The second-order valence-electron chi connectivity index (χ2n) is 5.73. The summed E-state index contributed by atoms with van der Waals surface area (Å²) in [5.74, 6) is -0.245. The zero-order valence-electron chi connectivity index (χ0n) is 11.5. The van der Waals surface area contributed by atoms with Gasteiger partial charge in [0.15, 0.2) is 0 Å². The molecule has 0 spiro atoms. The summed E-state index contributed by atoms with van der Waals surface area (Å²) >= 11 is 0. The van der Waals surface area contributed by atoms with Crippen LogP contribution in [0.2, 0.25) is 0 Å². The largest absolute Gasteiger partial charge is 0.478 e. The molecule has 0 atom stereocenters. The molecule has 1 heterocycles. The quantitative estimate of drug-likeness (QED) is 0.928. The number of carbonyl (C=O) groups is 1. The van der Waals surface area contributed by atoms with Crippen LogP contribution in [0.15, 0.2) is 47.5 Å². The molecule has 2 aliphatic rings. The number of hydrogen-bond donors (Lipinski definition) is 1. The van der Waals surface area contributed by atoms with Crippen LogP contribution in [0.25, 0.3) is 11.1 Å². The lowest BCUT2D eigenvalue weighted by molar-refractivity contribution is 0.0697. The van der Waals surface area contributed by atoms with Crippen molar-refractivity contribution in [3.63, 3.8) is 0 Å². The van der Waals surface area contributed by atoms with Crippen molar-refractivity contribution in [3.05, 3.63) is 59.2 Å². The van der Waals surface area contributed by atoms with Gasteiger partial charge in [0.2, 0.25) is 0 Å². The lowest BCUT2D eigenvalue weighted by Crippen LogP contribution is -2.01. The Bertz CT molecular complexity index is 773. The SMILES string of the molecule is O=C(O)c1cccc(-c2ccc3c(c2)C(C2CC2)=NC3)c1. The van der Waals surface area contributed by atoms with E-state index in [1.54, 1.807) is 18.2 Å². The van der Waals surface area contributed by atoms with Crippen molar-refractivity contribution in [1.29, 1.82) is 0 Å². The highest BCUT2D eigenvalue weighted by molar-refractivity contribution is 6.07. The molecule has 3 heteroatoms. The molecule has 1 aliphatic carbocycles. The van der Waals surface area contributed by atoms with Crippen LogP contribution in [0.3, 0.4) is 0 Å². The fourth-order valence-electron chi connectivity index (χ4n) is 2.93. The zero-order valence-corrected chi connectivity index (χ0v) is 11.5. The Morgan fingerprint density at radius 1 is 1.10 bits per heavy atom. The fourth-order valence-corrected chi connectivity index (χ4v) is 2.93. The summed E-state index contributed by atoms with van der Waals surface area (Å²) in [5, 5.41) is 9.12. The molecule has 1 aliphatic heterocycles. The number of rotatable bonds is 3. The van der Waals surface area contributed by atoms with Crippen LogP contribution < -0.4 is 0 Å². The van der Waals surface area contributed by atoms with Gasteiger partial charge < -0.3 is 5.11 Å². The maximum Gasteiger partial charge on any atom is 0.335 e. The van der Waals surface area contributed by atoms with Crippen molar-refractivity contribution in [2.45, 2.75) is 19.4 Å². The molecule has 1 fully saturated rings. The van der Waals surface area contributed by atoms with Gasteiger partial charge in [-0.25, -0.2) is 4.79 Å². The molecule has 21 heavy (non-hydrogen) atoms. The molecule has 0 radical (unpaired) electrons. The molecule has 0 bridgehead atoms. The van der Waals surface area contributed by atoms with E-state index in [0.717, 1.165) is 17.7 Å². The molecule has 1 saturated carbocycles. The molecule has 4 rings (SSSR count). The number of hydrogen-bond acceptors (Lipinski definition) is 2. The van der Waals surface area contributed by atoms with E-state index in [0.29, 0.717) is 11.5 Å². The van der Waals surface area contributed by atoms with Gasteiger partial charge in [-0.1, -0.05) is 24.3 Å². The number of nitrogens with zero attached hydrogens (tertiary/aromatic N) is 1. The van der Waals surface area contributed by atoms with Gasteiger partial charge in [-0.05, 0) is 47.7 Å². The molecule has 1 N–H and O–H groups in total. The van der Waals surface area contributed by atoms with E-state index in [1.165, 1.54) is 29.7 Å². The van der Waals surface area contributed by atoms with Gasteiger partial charge in [-0.15, -0.1) is 0 Å². The minimum absolute atomic E-state index is 0.323. The molecular weight excluding hydrogens is 262 g/mol. The van der Waals surface area contributed by atoms with Crippen LogP contribution in [-0.4, -0.2) is 16.8 Å². The highest BCUT2D eigenvalue weighted by Crippen LogP contribution is 2.38. The van der Waals surface area contributed by atoms with Gasteiger partial charge in [0.25, 0.3) is 0 Å². The van der Waals surface area contributed by atoms with Crippen molar-refractivity contribution in [2.24, 2.45) is 10.9 Å². The van der Waals surface area contributed by atoms with Crippen LogP contribution >= 0.6 is 0 Å². The molecule has 0 saturated heterocycles. The molecular formula is C18H15NO2. The van der Waals surface area contributed by atoms with E-state index < -0.39 is 5.97 Å². The van der Waals surface area contributed by atoms with Crippen molar-refractivity contribution in [1.82, 2.24) is 0 Å². The zero-order chi connectivity index (χ0) is 14.4. The lowest BCUT2D eigenvalue weighted by atomic mass is 9.96. The summed E-state index contributed by atoms with van der Waals surface area (Å²) in [4.78, 5) is 15.8. The molecule has 104 valence electrons. The summed E-state index contributed by atoms with van der Waals surface area (Å²) in [6, 6.07) is 13.4. The van der Waals surface area contributed by atoms with Crippen LogP contribution in [-0.2, 0) is 6.54 Å². The van der Waals surface area contributed by atoms with E-state index in [9.17, 15) is 4.79 Å². The highest BCUT2D eigenvalue weighted by Gasteiger charge is 2.32. The lowest BCUT2D eigenvalue weighted by Gasteiger charge is -2.08. The van der Waals surface area contributed by atoms with Gasteiger partial charge in [-0.3, -0.25) is 4.99 Å². The Morgan fingerprint density at radius 3 is 2.67 bits per heavy atom. The van der Waals surface area contributed by atoms with Crippen molar-refractivity contribution >= 4 is 11.7 Å². The summed E-state index contributed by atoms with van der Waals surface area (Å²) in [6.07, 6.45) is 2.49. The third kappa shape index (κ3) is 2.15. The van der Waals surface area contributed by atoms with Crippen molar-refractivity contribution < 1.29 is 9.90 Å². The highest BCUT2D eigenvalue weighted by atomic mass is 16.4. The van der Waals surface area contributed by atoms with Gasteiger partial charge in [0.05, 0.1) is 12.1 Å². The number of aliphatic imine (C=N–C) groups is 1. The molecule has 0 unspecified atom stereocenters. The Labute approximate surface area is 123 Å². The normalized spacial score (nSPS) is 16.5. The van der Waals surface area contributed by atoms with Crippen LogP contribution in [0.4, 0.5) is 0 Å². The topological polar surface area (TPSA) is 49.7 Å². The number of carboxylic acids is 1. The maximum absolute atomic E-state index is 11.1. The molecule has 0 amide bonds. The van der Waals surface area contributed by atoms with E-state index in [4.69, 9.17) is 5.11 Å². The van der Waals surface area contributed by atoms with Crippen molar-refractivity contribution in [3.8, 4) is 11.1 Å². The fraction of sp³-hybridized carbons (Fsp3) is 0.222. The monoisotopic (exact) mass is 277 g/mol. The van der Waals surface area contributed by atoms with Crippen LogP contribution in [0.1, 0.15) is 34.3 Å². The summed E-state index contributed by atoms with van der Waals surface area (Å²) < 4.78 is 0. The average Bonchev–Trinajstić information content (AvgIpc) is 3.26. The Morgan fingerprint density at radius 2 is 1.90 bits per heavy atom. The number of carboxylic acid groups (broad SMARTS) is 1.